The van der Waals surface area contributed by atoms with Gasteiger partial charge in [0.25, 0.3) is 0 Å². The highest BCUT2D eigenvalue weighted by atomic mass is 15.3. The molecule has 1 aliphatic carbocycles. The molecule has 4 rings (SSSR count). The first-order valence-corrected chi connectivity index (χ1v) is 9.18. The molecule has 0 unspecified atom stereocenters. The molecular formula is C18H27N7. The van der Waals surface area contributed by atoms with E-state index in [9.17, 15) is 0 Å². The molecule has 7 nitrogen and oxygen atoms in total. The Balaban J connectivity index is 1.32. The molecule has 0 N–H and O–H groups in total. The van der Waals surface area contributed by atoms with Gasteiger partial charge < -0.3 is 4.57 Å². The lowest BCUT2D eigenvalue weighted by Crippen LogP contribution is -2.34. The zero-order valence-electron chi connectivity index (χ0n) is 15.4. The molecule has 2 aromatic rings. The van der Waals surface area contributed by atoms with Crippen molar-refractivity contribution in [1.29, 1.82) is 0 Å². The molecule has 1 saturated carbocycles. The van der Waals surface area contributed by atoms with Gasteiger partial charge in [-0.05, 0) is 33.2 Å². The molecule has 134 valence electrons. The number of hydrogen-bond acceptors (Lipinski definition) is 6. The van der Waals surface area contributed by atoms with E-state index in [1.165, 1.54) is 19.3 Å². The minimum Gasteiger partial charge on any atom is -0.317 e. The van der Waals surface area contributed by atoms with Crippen LogP contribution in [0.4, 0.5) is 0 Å². The molecule has 7 heteroatoms. The average molecular weight is 341 g/mol. The van der Waals surface area contributed by atoms with E-state index < -0.39 is 0 Å². The van der Waals surface area contributed by atoms with Crippen LogP contribution in [-0.2, 0) is 20.1 Å². The number of aryl methyl sites for hydroxylation is 1. The summed E-state index contributed by atoms with van der Waals surface area (Å²) < 4.78 is 2.20. The fraction of sp³-hybridized carbons (Fsp3) is 0.667. The van der Waals surface area contributed by atoms with Gasteiger partial charge in [-0.2, -0.15) is 0 Å². The molecule has 2 aromatic heterocycles. The van der Waals surface area contributed by atoms with Crippen LogP contribution in [0.2, 0.25) is 0 Å². The second-order valence-corrected chi connectivity index (χ2v) is 7.55. The van der Waals surface area contributed by atoms with Crippen molar-refractivity contribution in [2.45, 2.75) is 51.2 Å². The Morgan fingerprint density at radius 1 is 1.16 bits per heavy atom. The van der Waals surface area contributed by atoms with Gasteiger partial charge in [-0.1, -0.05) is 0 Å². The van der Waals surface area contributed by atoms with E-state index in [4.69, 9.17) is 0 Å². The van der Waals surface area contributed by atoms with Crippen molar-refractivity contribution in [2.75, 3.05) is 20.1 Å². The zero-order valence-corrected chi connectivity index (χ0v) is 15.4. The zero-order chi connectivity index (χ0) is 17.4. The van der Waals surface area contributed by atoms with Gasteiger partial charge in [-0.15, -0.1) is 10.2 Å². The van der Waals surface area contributed by atoms with Crippen molar-refractivity contribution in [2.24, 2.45) is 7.05 Å². The summed E-state index contributed by atoms with van der Waals surface area (Å²) in [4.78, 5) is 13.7. The monoisotopic (exact) mass is 341 g/mol. The summed E-state index contributed by atoms with van der Waals surface area (Å²) in [7, 11) is 4.30. The first-order chi connectivity index (χ1) is 12.1. The Hall–Kier alpha value is -1.86. The van der Waals surface area contributed by atoms with E-state index in [0.717, 1.165) is 49.2 Å². The SMILES string of the molecule is Cc1cnc(CN2CC[C@@H](N(C)Cc3nnc(C4CC4)n3C)C2)cn1. The third kappa shape index (κ3) is 3.72. The normalized spacial score (nSPS) is 21.4. The van der Waals surface area contributed by atoms with Crippen molar-refractivity contribution in [3.63, 3.8) is 0 Å². The van der Waals surface area contributed by atoms with E-state index in [0.29, 0.717) is 12.0 Å². The Kier molecular flexibility index (Phi) is 4.52. The second-order valence-electron chi connectivity index (χ2n) is 7.55. The summed E-state index contributed by atoms with van der Waals surface area (Å²) in [5, 5.41) is 8.82. The molecule has 0 spiro atoms. The Morgan fingerprint density at radius 2 is 2.00 bits per heavy atom. The van der Waals surface area contributed by atoms with Crippen molar-refractivity contribution in [3.8, 4) is 0 Å². The van der Waals surface area contributed by atoms with E-state index in [2.05, 4.69) is 48.6 Å². The van der Waals surface area contributed by atoms with Crippen LogP contribution < -0.4 is 0 Å². The highest BCUT2D eigenvalue weighted by molar-refractivity contribution is 5.08. The smallest absolute Gasteiger partial charge is 0.146 e. The third-order valence-corrected chi connectivity index (χ3v) is 5.42. The molecule has 1 saturated heterocycles. The molecule has 1 aliphatic heterocycles. The molecule has 0 amide bonds. The van der Waals surface area contributed by atoms with Crippen molar-refractivity contribution >= 4 is 0 Å². The average Bonchev–Trinajstić information content (AvgIpc) is 3.23. The van der Waals surface area contributed by atoms with Gasteiger partial charge in [0.2, 0.25) is 0 Å². The van der Waals surface area contributed by atoms with Gasteiger partial charge in [0.05, 0.1) is 17.9 Å². The van der Waals surface area contributed by atoms with Crippen molar-refractivity contribution < 1.29 is 0 Å². The lowest BCUT2D eigenvalue weighted by molar-refractivity contribution is 0.216. The maximum absolute atomic E-state index is 4.48. The second kappa shape index (κ2) is 6.80. The lowest BCUT2D eigenvalue weighted by Gasteiger charge is -2.24. The summed E-state index contributed by atoms with van der Waals surface area (Å²) in [5.74, 6) is 2.88. The van der Waals surface area contributed by atoms with Crippen LogP contribution in [0.5, 0.6) is 0 Å². The third-order valence-electron chi connectivity index (χ3n) is 5.42. The molecule has 2 fully saturated rings. The summed E-state index contributed by atoms with van der Waals surface area (Å²) in [5.41, 5.74) is 2.02. The van der Waals surface area contributed by atoms with E-state index in [1.807, 2.05) is 19.3 Å². The maximum Gasteiger partial charge on any atom is 0.146 e. The predicted octanol–water partition coefficient (Wildman–Crippen LogP) is 1.50. The first-order valence-electron chi connectivity index (χ1n) is 9.18. The fourth-order valence-corrected chi connectivity index (χ4v) is 3.61. The molecule has 25 heavy (non-hydrogen) atoms. The Bertz CT molecular complexity index is 720. The van der Waals surface area contributed by atoms with Crippen LogP contribution in [-0.4, -0.2) is 60.7 Å². The number of likely N-dealkylation sites (tertiary alicyclic amines) is 1. The van der Waals surface area contributed by atoms with E-state index >= 15 is 0 Å². The van der Waals surface area contributed by atoms with Gasteiger partial charge in [-0.3, -0.25) is 19.8 Å². The Labute approximate surface area is 149 Å². The molecular weight excluding hydrogens is 314 g/mol. The van der Waals surface area contributed by atoms with Crippen molar-refractivity contribution in [3.05, 3.63) is 35.4 Å². The molecule has 0 aromatic carbocycles. The van der Waals surface area contributed by atoms with E-state index in [-0.39, 0.29) is 0 Å². The van der Waals surface area contributed by atoms with Gasteiger partial charge in [0.1, 0.15) is 11.6 Å². The summed E-state index contributed by atoms with van der Waals surface area (Å²) in [6.45, 7) is 5.89. The minimum absolute atomic E-state index is 0.555. The fourth-order valence-electron chi connectivity index (χ4n) is 3.61. The van der Waals surface area contributed by atoms with Crippen LogP contribution in [0, 0.1) is 6.92 Å². The molecule has 3 heterocycles. The molecule has 2 aliphatic rings. The maximum atomic E-state index is 4.48. The van der Waals surface area contributed by atoms with Crippen LogP contribution >= 0.6 is 0 Å². The van der Waals surface area contributed by atoms with Crippen molar-refractivity contribution in [1.82, 2.24) is 34.5 Å². The number of likely N-dealkylation sites (N-methyl/N-ethyl adjacent to an activating group) is 1. The van der Waals surface area contributed by atoms with Crippen LogP contribution in [0.15, 0.2) is 12.4 Å². The Morgan fingerprint density at radius 3 is 2.72 bits per heavy atom. The molecule has 0 bridgehead atoms. The predicted molar refractivity (Wildman–Crippen MR) is 94.9 cm³/mol. The topological polar surface area (TPSA) is 63.0 Å². The first kappa shape index (κ1) is 16.6. The summed E-state index contributed by atoms with van der Waals surface area (Å²) in [6.07, 6.45) is 7.46. The largest absolute Gasteiger partial charge is 0.317 e. The lowest BCUT2D eigenvalue weighted by atomic mass is 10.2. The summed E-state index contributed by atoms with van der Waals surface area (Å²) >= 11 is 0. The number of hydrogen-bond donors (Lipinski definition) is 0. The highest BCUT2D eigenvalue weighted by Gasteiger charge is 2.30. The van der Waals surface area contributed by atoms with Crippen LogP contribution in [0.1, 0.15) is 48.2 Å². The number of rotatable bonds is 6. The van der Waals surface area contributed by atoms with Gasteiger partial charge in [-0.25, -0.2) is 0 Å². The quantitative estimate of drug-likeness (QED) is 0.793. The molecule has 1 atom stereocenters. The molecule has 0 radical (unpaired) electrons. The summed E-state index contributed by atoms with van der Waals surface area (Å²) in [6, 6.07) is 0.555. The van der Waals surface area contributed by atoms with Gasteiger partial charge >= 0.3 is 0 Å². The van der Waals surface area contributed by atoms with Crippen LogP contribution in [0.3, 0.4) is 0 Å². The highest BCUT2D eigenvalue weighted by Crippen LogP contribution is 2.38. The van der Waals surface area contributed by atoms with Gasteiger partial charge in [0.15, 0.2) is 0 Å². The van der Waals surface area contributed by atoms with Gasteiger partial charge in [0, 0.05) is 51.0 Å². The standard InChI is InChI=1S/C18H27N7/c1-13-8-20-15(9-19-13)10-25-7-6-16(11-25)23(2)12-17-21-22-18(24(17)3)14-4-5-14/h8-9,14,16H,4-7,10-12H2,1-3H3/t16-/m1/s1. The van der Waals surface area contributed by atoms with Crippen LogP contribution in [0.25, 0.3) is 0 Å². The number of nitrogens with zero attached hydrogens (tertiary/aromatic N) is 7. The van der Waals surface area contributed by atoms with E-state index in [1.54, 1.807) is 0 Å². The number of aromatic nitrogens is 5. The minimum atomic E-state index is 0.555.